The van der Waals surface area contributed by atoms with Gasteiger partial charge in [0.1, 0.15) is 17.5 Å². The molecule has 0 radical (unpaired) electrons. The van der Waals surface area contributed by atoms with Crippen molar-refractivity contribution in [3.05, 3.63) is 41.1 Å². The lowest BCUT2D eigenvalue weighted by Crippen LogP contribution is -1.88. The molecule has 1 aromatic carbocycles. The van der Waals surface area contributed by atoms with E-state index in [0.29, 0.717) is 11.4 Å². The second-order valence-electron chi connectivity index (χ2n) is 3.90. The maximum absolute atomic E-state index is 9.02. The standard InChI is InChI=1S/C13H13N3/c1-8-3-4-10(5-9(8)2)12-7-16-13(15)11(12)6-14/h3-5,7,16H,15H2,1-2H3. The highest BCUT2D eigenvalue weighted by Gasteiger charge is 2.10. The molecule has 0 aliphatic heterocycles. The number of hydrogen-bond acceptors (Lipinski definition) is 2. The van der Waals surface area contributed by atoms with Gasteiger partial charge in [0.25, 0.3) is 0 Å². The quantitative estimate of drug-likeness (QED) is 0.761. The number of nitrogens with one attached hydrogen (secondary N) is 1. The molecular weight excluding hydrogens is 198 g/mol. The number of nitriles is 1. The molecule has 3 heteroatoms. The molecule has 0 atom stereocenters. The molecule has 16 heavy (non-hydrogen) atoms. The first-order valence-electron chi connectivity index (χ1n) is 5.08. The Labute approximate surface area is 94.5 Å². The number of hydrogen-bond donors (Lipinski definition) is 2. The highest BCUT2D eigenvalue weighted by molar-refractivity contribution is 5.76. The summed E-state index contributed by atoms with van der Waals surface area (Å²) in [7, 11) is 0. The van der Waals surface area contributed by atoms with Gasteiger partial charge in [-0.25, -0.2) is 0 Å². The molecule has 3 N–H and O–H groups in total. The van der Waals surface area contributed by atoms with Crippen molar-refractivity contribution in [2.75, 3.05) is 5.73 Å². The molecule has 0 aliphatic rings. The maximum atomic E-state index is 9.02. The van der Waals surface area contributed by atoms with Crippen molar-refractivity contribution in [2.45, 2.75) is 13.8 Å². The lowest BCUT2D eigenvalue weighted by Gasteiger charge is -2.03. The van der Waals surface area contributed by atoms with Crippen LogP contribution in [0.2, 0.25) is 0 Å². The Bertz CT molecular complexity index is 573. The third kappa shape index (κ3) is 1.55. The fraction of sp³-hybridized carbons (Fsp3) is 0.154. The van der Waals surface area contributed by atoms with Crippen LogP contribution in [0.4, 0.5) is 5.82 Å². The summed E-state index contributed by atoms with van der Waals surface area (Å²) in [5.74, 6) is 0.427. The van der Waals surface area contributed by atoms with E-state index in [1.807, 2.05) is 6.07 Å². The molecule has 0 aliphatic carbocycles. The summed E-state index contributed by atoms with van der Waals surface area (Å²) in [5, 5.41) is 9.02. The summed E-state index contributed by atoms with van der Waals surface area (Å²) in [4.78, 5) is 2.88. The lowest BCUT2D eigenvalue weighted by atomic mass is 10.00. The highest BCUT2D eigenvalue weighted by Crippen LogP contribution is 2.28. The zero-order valence-electron chi connectivity index (χ0n) is 9.33. The van der Waals surface area contributed by atoms with Crippen molar-refractivity contribution in [2.24, 2.45) is 0 Å². The first-order valence-corrected chi connectivity index (χ1v) is 5.08. The Morgan fingerprint density at radius 3 is 2.62 bits per heavy atom. The number of nitrogens with two attached hydrogens (primary N) is 1. The van der Waals surface area contributed by atoms with Crippen LogP contribution < -0.4 is 5.73 Å². The maximum Gasteiger partial charge on any atom is 0.119 e. The number of nitrogens with zero attached hydrogens (tertiary/aromatic N) is 1. The number of anilines is 1. The molecule has 0 saturated heterocycles. The van der Waals surface area contributed by atoms with Gasteiger partial charge in [-0.15, -0.1) is 0 Å². The molecule has 1 heterocycles. The zero-order valence-corrected chi connectivity index (χ0v) is 9.33. The van der Waals surface area contributed by atoms with Gasteiger partial charge in [-0.2, -0.15) is 5.26 Å². The summed E-state index contributed by atoms with van der Waals surface area (Å²) in [6.07, 6.45) is 1.78. The average Bonchev–Trinajstić information content (AvgIpc) is 2.63. The monoisotopic (exact) mass is 211 g/mol. The summed E-state index contributed by atoms with van der Waals surface area (Å²) < 4.78 is 0. The molecular formula is C13H13N3. The van der Waals surface area contributed by atoms with Gasteiger partial charge in [-0.3, -0.25) is 0 Å². The molecule has 0 bridgehead atoms. The van der Waals surface area contributed by atoms with Gasteiger partial charge in [-0.05, 0) is 30.5 Å². The van der Waals surface area contributed by atoms with Crippen molar-refractivity contribution in [3.8, 4) is 17.2 Å². The SMILES string of the molecule is Cc1ccc(-c2c[nH]c(N)c2C#N)cc1C. The molecule has 2 rings (SSSR count). The minimum absolute atomic E-state index is 0.427. The lowest BCUT2D eigenvalue weighted by molar-refractivity contribution is 1.34. The Hall–Kier alpha value is -2.21. The largest absolute Gasteiger partial charge is 0.384 e. The van der Waals surface area contributed by atoms with Gasteiger partial charge in [0.15, 0.2) is 0 Å². The van der Waals surface area contributed by atoms with Crippen LogP contribution in [-0.4, -0.2) is 4.98 Å². The van der Waals surface area contributed by atoms with Crippen molar-refractivity contribution in [1.82, 2.24) is 4.98 Å². The summed E-state index contributed by atoms with van der Waals surface area (Å²) in [5.41, 5.74) is 10.5. The van der Waals surface area contributed by atoms with Crippen molar-refractivity contribution < 1.29 is 0 Å². The molecule has 0 saturated carbocycles. The molecule has 0 fully saturated rings. The highest BCUT2D eigenvalue weighted by atomic mass is 14.8. The summed E-state index contributed by atoms with van der Waals surface area (Å²) >= 11 is 0. The number of H-pyrrole nitrogens is 1. The Kier molecular flexibility index (Phi) is 2.41. The number of benzene rings is 1. The number of rotatable bonds is 1. The van der Waals surface area contributed by atoms with Crippen molar-refractivity contribution >= 4 is 5.82 Å². The minimum atomic E-state index is 0.427. The fourth-order valence-electron chi connectivity index (χ4n) is 1.70. The third-order valence-corrected chi connectivity index (χ3v) is 2.84. The topological polar surface area (TPSA) is 65.6 Å². The molecule has 0 unspecified atom stereocenters. The van der Waals surface area contributed by atoms with Crippen LogP contribution in [0.15, 0.2) is 24.4 Å². The van der Waals surface area contributed by atoms with Crippen LogP contribution in [0.3, 0.4) is 0 Å². The summed E-state index contributed by atoms with van der Waals surface area (Å²) in [6.45, 7) is 4.12. The van der Waals surface area contributed by atoms with E-state index in [1.54, 1.807) is 6.20 Å². The second kappa shape index (κ2) is 3.74. The van der Waals surface area contributed by atoms with Crippen LogP contribution in [-0.2, 0) is 0 Å². The van der Waals surface area contributed by atoms with Crippen LogP contribution in [0.5, 0.6) is 0 Å². The smallest absolute Gasteiger partial charge is 0.119 e. The number of aromatic nitrogens is 1. The van der Waals surface area contributed by atoms with Gasteiger partial charge in [0.2, 0.25) is 0 Å². The van der Waals surface area contributed by atoms with Crippen molar-refractivity contribution in [1.29, 1.82) is 5.26 Å². The predicted molar refractivity (Wildman–Crippen MR) is 64.8 cm³/mol. The molecule has 3 nitrogen and oxygen atoms in total. The van der Waals surface area contributed by atoms with Crippen LogP contribution >= 0.6 is 0 Å². The zero-order chi connectivity index (χ0) is 11.7. The van der Waals surface area contributed by atoms with Crippen LogP contribution in [0, 0.1) is 25.2 Å². The van der Waals surface area contributed by atoms with Crippen LogP contribution in [0.25, 0.3) is 11.1 Å². The van der Waals surface area contributed by atoms with E-state index in [2.05, 4.69) is 37.0 Å². The van der Waals surface area contributed by atoms with E-state index in [4.69, 9.17) is 11.0 Å². The van der Waals surface area contributed by atoms with E-state index in [9.17, 15) is 0 Å². The Morgan fingerprint density at radius 1 is 1.25 bits per heavy atom. The van der Waals surface area contributed by atoms with Gasteiger partial charge in [0, 0.05) is 11.8 Å². The van der Waals surface area contributed by atoms with Gasteiger partial charge < -0.3 is 10.7 Å². The molecule has 0 amide bonds. The minimum Gasteiger partial charge on any atom is -0.384 e. The van der Waals surface area contributed by atoms with E-state index in [1.165, 1.54) is 11.1 Å². The van der Waals surface area contributed by atoms with Gasteiger partial charge in [0.05, 0.1) is 0 Å². The normalized spacial score (nSPS) is 10.1. The van der Waals surface area contributed by atoms with Gasteiger partial charge >= 0.3 is 0 Å². The van der Waals surface area contributed by atoms with E-state index in [-0.39, 0.29) is 0 Å². The molecule has 2 aromatic rings. The second-order valence-corrected chi connectivity index (χ2v) is 3.90. The number of aromatic amines is 1. The van der Waals surface area contributed by atoms with Gasteiger partial charge in [-0.1, -0.05) is 18.2 Å². The van der Waals surface area contributed by atoms with Crippen molar-refractivity contribution in [3.63, 3.8) is 0 Å². The Balaban J connectivity index is 2.60. The van der Waals surface area contributed by atoms with Crippen LogP contribution in [0.1, 0.15) is 16.7 Å². The molecule has 1 aromatic heterocycles. The molecule has 80 valence electrons. The van der Waals surface area contributed by atoms with E-state index >= 15 is 0 Å². The number of aryl methyl sites for hydroxylation is 2. The third-order valence-electron chi connectivity index (χ3n) is 2.84. The first kappa shape index (κ1) is 10.3. The molecule has 0 spiro atoms. The Morgan fingerprint density at radius 2 is 2.00 bits per heavy atom. The fourth-order valence-corrected chi connectivity index (χ4v) is 1.70. The average molecular weight is 211 g/mol. The van der Waals surface area contributed by atoms with E-state index < -0.39 is 0 Å². The first-order chi connectivity index (χ1) is 7.63. The van der Waals surface area contributed by atoms with E-state index in [0.717, 1.165) is 11.1 Å². The predicted octanol–water partition coefficient (Wildman–Crippen LogP) is 2.75. The summed E-state index contributed by atoms with van der Waals surface area (Å²) in [6, 6.07) is 8.24. The number of nitrogen functional groups attached to an aromatic ring is 1.